The molecule has 0 aromatic heterocycles. The van der Waals surface area contributed by atoms with E-state index < -0.39 is 29.3 Å². The number of benzene rings is 2. The van der Waals surface area contributed by atoms with Crippen molar-refractivity contribution >= 4 is 11.6 Å². The first-order chi connectivity index (χ1) is 11.9. The highest BCUT2D eigenvalue weighted by Crippen LogP contribution is 2.26. The zero-order valence-corrected chi connectivity index (χ0v) is 13.7. The third-order valence-corrected chi connectivity index (χ3v) is 3.47. The highest BCUT2D eigenvalue weighted by Gasteiger charge is 2.16. The minimum atomic E-state index is -0.587. The highest BCUT2D eigenvalue weighted by atomic mass is 19.1. The second-order valence-corrected chi connectivity index (χ2v) is 5.20. The maximum atomic E-state index is 13.7. The summed E-state index contributed by atoms with van der Waals surface area (Å²) in [5.74, 6) is -0.896. The lowest BCUT2D eigenvalue weighted by molar-refractivity contribution is -0.385. The zero-order valence-electron chi connectivity index (χ0n) is 13.7. The van der Waals surface area contributed by atoms with Crippen molar-refractivity contribution in [3.63, 3.8) is 0 Å². The van der Waals surface area contributed by atoms with Crippen LogP contribution in [-0.4, -0.2) is 24.5 Å². The summed E-state index contributed by atoms with van der Waals surface area (Å²) in [7, 11) is 1.36. The minimum Gasteiger partial charge on any atom is -0.494 e. The van der Waals surface area contributed by atoms with E-state index in [9.17, 15) is 19.3 Å². The molecule has 1 amide bonds. The number of nitro groups is 1. The molecule has 0 fully saturated rings. The molecule has 0 aliphatic rings. The van der Waals surface area contributed by atoms with Crippen molar-refractivity contribution in [1.82, 2.24) is 5.32 Å². The Morgan fingerprint density at radius 2 is 2.00 bits per heavy atom. The number of para-hydroxylation sites is 2. The number of amides is 1. The molecular weight excluding hydrogens is 331 g/mol. The Labute approximate surface area is 143 Å². The number of nitrogens with zero attached hydrogens (tertiary/aromatic N) is 1. The summed E-state index contributed by atoms with van der Waals surface area (Å²) in [5, 5.41) is 13.5. The molecule has 1 atom stereocenters. The van der Waals surface area contributed by atoms with Gasteiger partial charge in [0.05, 0.1) is 18.1 Å². The molecule has 7 nitrogen and oxygen atoms in total. The number of carbonyl (C=O) groups is 1. The molecular formula is C17H17FN2O5. The number of halogens is 1. The highest BCUT2D eigenvalue weighted by molar-refractivity contribution is 5.78. The maximum absolute atomic E-state index is 13.7. The smallest absolute Gasteiger partial charge is 0.310 e. The number of ether oxygens (including phenoxy) is 2. The van der Waals surface area contributed by atoms with E-state index in [0.717, 1.165) is 0 Å². The molecule has 0 saturated heterocycles. The largest absolute Gasteiger partial charge is 0.494 e. The summed E-state index contributed by atoms with van der Waals surface area (Å²) in [6, 6.07) is 9.68. The third-order valence-electron chi connectivity index (χ3n) is 3.47. The fourth-order valence-electron chi connectivity index (χ4n) is 2.19. The van der Waals surface area contributed by atoms with E-state index in [2.05, 4.69) is 5.32 Å². The molecule has 0 aliphatic carbocycles. The Hall–Kier alpha value is -3.16. The molecule has 0 radical (unpaired) electrons. The molecule has 0 bridgehead atoms. The van der Waals surface area contributed by atoms with Crippen LogP contribution < -0.4 is 14.8 Å². The van der Waals surface area contributed by atoms with Crippen LogP contribution in [0.1, 0.15) is 18.5 Å². The molecule has 8 heteroatoms. The van der Waals surface area contributed by atoms with E-state index in [-0.39, 0.29) is 17.2 Å². The van der Waals surface area contributed by atoms with Crippen molar-refractivity contribution in [2.24, 2.45) is 0 Å². The number of hydrogen-bond donors (Lipinski definition) is 1. The Kier molecular flexibility index (Phi) is 5.89. The first kappa shape index (κ1) is 18.2. The second kappa shape index (κ2) is 8.09. The average molecular weight is 348 g/mol. The fraction of sp³-hybridized carbons (Fsp3) is 0.235. The van der Waals surface area contributed by atoms with Crippen molar-refractivity contribution in [2.75, 3.05) is 13.7 Å². The summed E-state index contributed by atoms with van der Waals surface area (Å²) in [6.45, 7) is 1.29. The first-order valence-electron chi connectivity index (χ1n) is 7.41. The van der Waals surface area contributed by atoms with Crippen molar-refractivity contribution in [2.45, 2.75) is 13.0 Å². The number of carbonyl (C=O) groups excluding carboxylic acids is 1. The van der Waals surface area contributed by atoms with Crippen LogP contribution in [0, 0.1) is 15.9 Å². The molecule has 25 heavy (non-hydrogen) atoms. The lowest BCUT2D eigenvalue weighted by atomic mass is 10.1. The Balaban J connectivity index is 1.96. The van der Waals surface area contributed by atoms with E-state index in [1.54, 1.807) is 19.1 Å². The number of nitrogens with one attached hydrogen (secondary N) is 1. The monoisotopic (exact) mass is 348 g/mol. The summed E-state index contributed by atoms with van der Waals surface area (Å²) in [4.78, 5) is 22.3. The molecule has 132 valence electrons. The van der Waals surface area contributed by atoms with Crippen LogP contribution in [0.25, 0.3) is 0 Å². The zero-order chi connectivity index (χ0) is 18.4. The van der Waals surface area contributed by atoms with Crippen molar-refractivity contribution in [3.8, 4) is 11.5 Å². The molecule has 0 heterocycles. The predicted octanol–water partition coefficient (Wildman–Crippen LogP) is 3.00. The number of nitro benzene ring substituents is 1. The van der Waals surface area contributed by atoms with E-state index in [0.29, 0.717) is 5.56 Å². The Morgan fingerprint density at radius 3 is 2.64 bits per heavy atom. The Morgan fingerprint density at radius 1 is 1.28 bits per heavy atom. The molecule has 0 saturated carbocycles. The van der Waals surface area contributed by atoms with Gasteiger partial charge in [0.25, 0.3) is 5.91 Å². The number of hydrogen-bond acceptors (Lipinski definition) is 5. The van der Waals surface area contributed by atoms with Gasteiger partial charge in [-0.1, -0.05) is 18.2 Å². The molecule has 2 aromatic carbocycles. The van der Waals surface area contributed by atoms with Crippen LogP contribution in [0.3, 0.4) is 0 Å². The quantitative estimate of drug-likeness (QED) is 0.613. The van der Waals surface area contributed by atoms with Gasteiger partial charge in [-0.2, -0.15) is 0 Å². The Bertz CT molecular complexity index is 781. The summed E-state index contributed by atoms with van der Waals surface area (Å²) >= 11 is 0. The number of methoxy groups -OCH3 is 1. The van der Waals surface area contributed by atoms with Crippen LogP contribution in [0.4, 0.5) is 10.1 Å². The van der Waals surface area contributed by atoms with Crippen LogP contribution in [0.2, 0.25) is 0 Å². The van der Waals surface area contributed by atoms with Gasteiger partial charge in [0.2, 0.25) is 0 Å². The van der Waals surface area contributed by atoms with Gasteiger partial charge in [-0.3, -0.25) is 14.9 Å². The average Bonchev–Trinajstić information content (AvgIpc) is 2.60. The van der Waals surface area contributed by atoms with Gasteiger partial charge in [0.15, 0.2) is 23.9 Å². The fourth-order valence-corrected chi connectivity index (χ4v) is 2.19. The standard InChI is InChI=1S/C17H17FN2O5/c1-11(12-7-8-15(24-2)13(18)9-12)19-17(21)10-25-16-6-4-3-5-14(16)20(22)23/h3-9,11H,10H2,1-2H3,(H,19,21). The molecule has 1 N–H and O–H groups in total. The predicted molar refractivity (Wildman–Crippen MR) is 88.1 cm³/mol. The minimum absolute atomic E-state index is 0.00537. The van der Waals surface area contributed by atoms with E-state index in [1.807, 2.05) is 0 Å². The first-order valence-corrected chi connectivity index (χ1v) is 7.41. The van der Waals surface area contributed by atoms with Crippen LogP contribution >= 0.6 is 0 Å². The van der Waals surface area contributed by atoms with E-state index in [1.165, 1.54) is 37.4 Å². The van der Waals surface area contributed by atoms with Gasteiger partial charge in [-0.15, -0.1) is 0 Å². The van der Waals surface area contributed by atoms with Crippen LogP contribution in [-0.2, 0) is 4.79 Å². The third kappa shape index (κ3) is 4.66. The van der Waals surface area contributed by atoms with Gasteiger partial charge in [0.1, 0.15) is 0 Å². The summed E-state index contributed by atoms with van der Waals surface area (Å²) < 4.78 is 23.8. The summed E-state index contributed by atoms with van der Waals surface area (Å²) in [5.41, 5.74) is 0.331. The van der Waals surface area contributed by atoms with Crippen molar-refractivity contribution < 1.29 is 23.6 Å². The maximum Gasteiger partial charge on any atom is 0.310 e. The SMILES string of the molecule is COc1ccc(C(C)NC(=O)COc2ccccc2[N+](=O)[O-])cc1F. The molecule has 0 spiro atoms. The van der Waals surface area contributed by atoms with Gasteiger partial charge < -0.3 is 14.8 Å². The lowest BCUT2D eigenvalue weighted by Crippen LogP contribution is -2.31. The lowest BCUT2D eigenvalue weighted by Gasteiger charge is -2.15. The number of rotatable bonds is 7. The topological polar surface area (TPSA) is 90.7 Å². The van der Waals surface area contributed by atoms with Crippen LogP contribution in [0.5, 0.6) is 11.5 Å². The molecule has 2 aromatic rings. The normalized spacial score (nSPS) is 11.5. The van der Waals surface area contributed by atoms with E-state index >= 15 is 0 Å². The van der Waals surface area contributed by atoms with Gasteiger partial charge in [-0.05, 0) is 30.7 Å². The van der Waals surface area contributed by atoms with Gasteiger partial charge in [-0.25, -0.2) is 4.39 Å². The molecule has 0 aliphatic heterocycles. The van der Waals surface area contributed by atoms with Crippen molar-refractivity contribution in [3.05, 3.63) is 64.0 Å². The summed E-state index contributed by atoms with van der Waals surface area (Å²) in [6.07, 6.45) is 0. The van der Waals surface area contributed by atoms with Gasteiger partial charge >= 0.3 is 5.69 Å². The second-order valence-electron chi connectivity index (χ2n) is 5.20. The molecule has 1 unspecified atom stereocenters. The van der Waals surface area contributed by atoms with Crippen LogP contribution in [0.15, 0.2) is 42.5 Å². The van der Waals surface area contributed by atoms with Crippen molar-refractivity contribution in [1.29, 1.82) is 0 Å². The van der Waals surface area contributed by atoms with E-state index in [4.69, 9.17) is 9.47 Å². The molecule has 2 rings (SSSR count). The van der Waals surface area contributed by atoms with Gasteiger partial charge in [0, 0.05) is 6.07 Å².